The highest BCUT2D eigenvalue weighted by Crippen LogP contribution is 2.11. The molecular weight excluding hydrogens is 403 g/mol. The zero-order valence-corrected chi connectivity index (χ0v) is 16.1. The van der Waals surface area contributed by atoms with Crippen LogP contribution in [0.5, 0.6) is 0 Å². The Labute approximate surface area is 155 Å². The van der Waals surface area contributed by atoms with E-state index in [0.29, 0.717) is 5.96 Å². The van der Waals surface area contributed by atoms with Gasteiger partial charge in [-0.1, -0.05) is 31.9 Å². The van der Waals surface area contributed by atoms with Gasteiger partial charge < -0.3 is 16.0 Å². The van der Waals surface area contributed by atoms with Gasteiger partial charge in [0.1, 0.15) is 6.54 Å². The predicted molar refractivity (Wildman–Crippen MR) is 106 cm³/mol. The van der Waals surface area contributed by atoms with Crippen molar-refractivity contribution < 1.29 is 4.79 Å². The van der Waals surface area contributed by atoms with E-state index in [-0.39, 0.29) is 36.4 Å². The molecule has 2 rings (SSSR count). The van der Waals surface area contributed by atoms with E-state index in [4.69, 9.17) is 5.73 Å². The lowest BCUT2D eigenvalue weighted by atomic mass is 10.1. The maximum atomic E-state index is 12.0. The van der Waals surface area contributed by atoms with Crippen molar-refractivity contribution in [2.75, 3.05) is 25.0 Å². The van der Waals surface area contributed by atoms with Gasteiger partial charge in [0.15, 0.2) is 5.96 Å². The lowest BCUT2D eigenvalue weighted by Gasteiger charge is -2.20. The lowest BCUT2D eigenvalue weighted by molar-refractivity contribution is -0.114. The van der Waals surface area contributed by atoms with Crippen LogP contribution in [0.3, 0.4) is 0 Å². The molecule has 1 aliphatic heterocycles. The van der Waals surface area contributed by atoms with Crippen molar-refractivity contribution in [3.63, 3.8) is 0 Å². The Hall–Kier alpha value is -1.31. The van der Waals surface area contributed by atoms with Gasteiger partial charge in [0.25, 0.3) is 0 Å². The van der Waals surface area contributed by atoms with E-state index in [0.717, 1.165) is 38.0 Å². The third-order valence-electron chi connectivity index (χ3n) is 3.93. The maximum absolute atomic E-state index is 12.0. The molecule has 1 aromatic rings. The molecule has 0 spiro atoms. The number of halogens is 1. The average molecular weight is 430 g/mol. The molecule has 1 aliphatic rings. The summed E-state index contributed by atoms with van der Waals surface area (Å²) in [6, 6.07) is 7.87. The van der Waals surface area contributed by atoms with E-state index in [2.05, 4.69) is 22.1 Å². The summed E-state index contributed by atoms with van der Waals surface area (Å²) in [7, 11) is 0. The van der Waals surface area contributed by atoms with Crippen LogP contribution in [0.15, 0.2) is 29.3 Å². The Bertz CT molecular complexity index is 525. The number of anilines is 1. The Morgan fingerprint density at radius 2 is 1.96 bits per heavy atom. The SMILES string of the molecule is CCc1cccc(NC(=O)CN=C(N)N2CCCCCC2)c1.I. The molecule has 5 nitrogen and oxygen atoms in total. The van der Waals surface area contributed by atoms with Gasteiger partial charge in [-0.05, 0) is 37.0 Å². The third-order valence-corrected chi connectivity index (χ3v) is 3.93. The highest BCUT2D eigenvalue weighted by Gasteiger charge is 2.11. The zero-order valence-electron chi connectivity index (χ0n) is 13.8. The van der Waals surface area contributed by atoms with Crippen LogP contribution in [-0.4, -0.2) is 36.4 Å². The standard InChI is InChI=1S/C17H26N4O.HI/c1-2-14-8-7-9-15(12-14)20-16(22)13-19-17(18)21-10-5-3-4-6-11-21;/h7-9,12H,2-6,10-11,13H2,1H3,(H2,18,19)(H,20,22);1H. The van der Waals surface area contributed by atoms with Crippen LogP contribution in [0.25, 0.3) is 0 Å². The second-order valence-corrected chi connectivity index (χ2v) is 5.68. The lowest BCUT2D eigenvalue weighted by Crippen LogP contribution is -2.38. The van der Waals surface area contributed by atoms with Crippen LogP contribution in [0.1, 0.15) is 38.2 Å². The molecule has 1 heterocycles. The van der Waals surface area contributed by atoms with Crippen molar-refractivity contribution in [1.29, 1.82) is 0 Å². The molecule has 0 aliphatic carbocycles. The van der Waals surface area contributed by atoms with Crippen molar-refractivity contribution in [3.05, 3.63) is 29.8 Å². The molecule has 128 valence electrons. The molecule has 1 amide bonds. The summed E-state index contributed by atoms with van der Waals surface area (Å²) in [5, 5.41) is 2.87. The molecule has 1 saturated heterocycles. The summed E-state index contributed by atoms with van der Waals surface area (Å²) in [6.07, 6.45) is 5.73. The van der Waals surface area contributed by atoms with Gasteiger partial charge in [-0.2, -0.15) is 0 Å². The van der Waals surface area contributed by atoms with E-state index in [1.54, 1.807) is 0 Å². The Morgan fingerprint density at radius 1 is 1.26 bits per heavy atom. The normalized spacial score (nSPS) is 15.5. The number of nitrogens with two attached hydrogens (primary N) is 1. The third kappa shape index (κ3) is 6.76. The Kier molecular flexibility index (Phi) is 8.98. The van der Waals surface area contributed by atoms with Crippen LogP contribution >= 0.6 is 24.0 Å². The van der Waals surface area contributed by atoms with Gasteiger partial charge in [0.05, 0.1) is 0 Å². The monoisotopic (exact) mass is 430 g/mol. The molecule has 23 heavy (non-hydrogen) atoms. The molecule has 0 bridgehead atoms. The van der Waals surface area contributed by atoms with Gasteiger partial charge in [0.2, 0.25) is 5.91 Å². The summed E-state index contributed by atoms with van der Waals surface area (Å²) in [4.78, 5) is 18.3. The predicted octanol–water partition coefficient (Wildman–Crippen LogP) is 3.00. The molecule has 1 aromatic carbocycles. The van der Waals surface area contributed by atoms with Crippen molar-refractivity contribution in [3.8, 4) is 0 Å². The molecule has 0 saturated carbocycles. The highest BCUT2D eigenvalue weighted by molar-refractivity contribution is 14.0. The number of benzene rings is 1. The zero-order chi connectivity index (χ0) is 15.8. The fourth-order valence-corrected chi connectivity index (χ4v) is 2.62. The quantitative estimate of drug-likeness (QED) is 0.439. The minimum atomic E-state index is -0.133. The first-order chi connectivity index (χ1) is 10.7. The molecular formula is C17H27IN4O. The highest BCUT2D eigenvalue weighted by atomic mass is 127. The minimum absolute atomic E-state index is 0. The van der Waals surface area contributed by atoms with Crippen molar-refractivity contribution in [2.45, 2.75) is 39.0 Å². The number of hydrogen-bond donors (Lipinski definition) is 2. The van der Waals surface area contributed by atoms with Crippen molar-refractivity contribution in [2.24, 2.45) is 10.7 Å². The van der Waals surface area contributed by atoms with E-state index in [9.17, 15) is 4.79 Å². The summed E-state index contributed by atoms with van der Waals surface area (Å²) < 4.78 is 0. The largest absolute Gasteiger partial charge is 0.370 e. The molecule has 0 aromatic heterocycles. The molecule has 6 heteroatoms. The first-order valence-electron chi connectivity index (χ1n) is 8.12. The summed E-state index contributed by atoms with van der Waals surface area (Å²) in [6.45, 7) is 4.04. The number of carbonyl (C=O) groups is 1. The summed E-state index contributed by atoms with van der Waals surface area (Å²) in [5.41, 5.74) is 8.01. The van der Waals surface area contributed by atoms with E-state index in [1.165, 1.54) is 18.4 Å². The number of amides is 1. The molecule has 3 N–H and O–H groups in total. The number of guanidine groups is 1. The maximum Gasteiger partial charge on any atom is 0.246 e. The van der Waals surface area contributed by atoms with Crippen LogP contribution in [0, 0.1) is 0 Å². The van der Waals surface area contributed by atoms with E-state index >= 15 is 0 Å². The number of aryl methyl sites for hydroxylation is 1. The molecule has 0 atom stereocenters. The van der Waals surface area contributed by atoms with Crippen molar-refractivity contribution in [1.82, 2.24) is 4.90 Å². The fourth-order valence-electron chi connectivity index (χ4n) is 2.62. The van der Waals surface area contributed by atoms with E-state index < -0.39 is 0 Å². The first-order valence-corrected chi connectivity index (χ1v) is 8.12. The van der Waals surface area contributed by atoms with Crippen LogP contribution < -0.4 is 11.1 Å². The van der Waals surface area contributed by atoms with Gasteiger partial charge in [-0.15, -0.1) is 24.0 Å². The first kappa shape index (κ1) is 19.7. The van der Waals surface area contributed by atoms with Gasteiger partial charge in [0, 0.05) is 18.8 Å². The second kappa shape index (κ2) is 10.5. The average Bonchev–Trinajstić information content (AvgIpc) is 2.82. The molecule has 1 fully saturated rings. The smallest absolute Gasteiger partial charge is 0.246 e. The number of likely N-dealkylation sites (tertiary alicyclic amines) is 1. The summed E-state index contributed by atoms with van der Waals surface area (Å²) in [5.74, 6) is 0.352. The fraction of sp³-hybridized carbons (Fsp3) is 0.529. The number of hydrogen-bond acceptors (Lipinski definition) is 2. The molecule has 0 radical (unpaired) electrons. The number of nitrogens with zero attached hydrogens (tertiary/aromatic N) is 2. The van der Waals surface area contributed by atoms with Crippen LogP contribution in [-0.2, 0) is 11.2 Å². The van der Waals surface area contributed by atoms with Crippen LogP contribution in [0.4, 0.5) is 5.69 Å². The van der Waals surface area contributed by atoms with Crippen LogP contribution in [0.2, 0.25) is 0 Å². The second-order valence-electron chi connectivity index (χ2n) is 5.68. The Balaban J connectivity index is 0.00000264. The van der Waals surface area contributed by atoms with Crippen molar-refractivity contribution >= 4 is 41.5 Å². The van der Waals surface area contributed by atoms with Gasteiger partial charge in [-0.25, -0.2) is 4.99 Å². The van der Waals surface area contributed by atoms with E-state index in [1.807, 2.05) is 24.3 Å². The number of nitrogens with one attached hydrogen (secondary N) is 1. The number of rotatable bonds is 4. The van der Waals surface area contributed by atoms with Gasteiger partial charge >= 0.3 is 0 Å². The summed E-state index contributed by atoms with van der Waals surface area (Å²) >= 11 is 0. The number of aliphatic imine (C=N–C) groups is 1. The number of carbonyl (C=O) groups excluding carboxylic acids is 1. The topological polar surface area (TPSA) is 70.7 Å². The molecule has 0 unspecified atom stereocenters. The Morgan fingerprint density at radius 3 is 2.61 bits per heavy atom. The van der Waals surface area contributed by atoms with Gasteiger partial charge in [-0.3, -0.25) is 4.79 Å². The minimum Gasteiger partial charge on any atom is -0.370 e.